The van der Waals surface area contributed by atoms with E-state index >= 15 is 0 Å². The number of ether oxygens (including phenoxy) is 1. The van der Waals surface area contributed by atoms with Crippen molar-refractivity contribution in [1.29, 1.82) is 0 Å². The van der Waals surface area contributed by atoms with Gasteiger partial charge in [-0.3, -0.25) is 14.2 Å². The molecule has 8 heteroatoms. The van der Waals surface area contributed by atoms with Crippen LogP contribution in [0.2, 0.25) is 0 Å². The van der Waals surface area contributed by atoms with Gasteiger partial charge in [0.25, 0.3) is 5.56 Å². The third-order valence-corrected chi connectivity index (χ3v) is 7.73. The molecular formula is C24H27N3O4S. The van der Waals surface area contributed by atoms with Gasteiger partial charge in [-0.05, 0) is 68.9 Å². The summed E-state index contributed by atoms with van der Waals surface area (Å²) < 4.78 is 8.18. The Labute approximate surface area is 189 Å². The summed E-state index contributed by atoms with van der Waals surface area (Å²) in [7, 11) is 0. The monoisotopic (exact) mass is 453 g/mol. The molecular weight excluding hydrogens is 426 g/mol. The Morgan fingerprint density at radius 3 is 2.59 bits per heavy atom. The molecule has 1 aromatic carbocycles. The summed E-state index contributed by atoms with van der Waals surface area (Å²) in [5.74, 6) is 0.504. The number of aryl methyl sites for hydroxylation is 2. The number of rotatable bonds is 6. The van der Waals surface area contributed by atoms with E-state index in [1.54, 1.807) is 24.3 Å². The zero-order chi connectivity index (χ0) is 22.2. The summed E-state index contributed by atoms with van der Waals surface area (Å²) in [6.07, 6.45) is 6.97. The van der Waals surface area contributed by atoms with E-state index in [1.807, 2.05) is 6.92 Å². The van der Waals surface area contributed by atoms with Crippen LogP contribution in [-0.4, -0.2) is 27.7 Å². The number of benzene rings is 1. The van der Waals surface area contributed by atoms with Gasteiger partial charge >= 0.3 is 5.69 Å². The number of hydrogen-bond acceptors (Lipinski definition) is 5. The summed E-state index contributed by atoms with van der Waals surface area (Å²) in [5, 5.41) is 3.65. The Morgan fingerprint density at radius 2 is 1.88 bits per heavy atom. The normalized spacial score (nSPS) is 15.9. The molecule has 2 aliphatic carbocycles. The van der Waals surface area contributed by atoms with Crippen molar-refractivity contribution in [2.75, 3.05) is 6.61 Å². The highest BCUT2D eigenvalue weighted by molar-refractivity contribution is 7.19. The molecule has 0 aliphatic heterocycles. The predicted molar refractivity (Wildman–Crippen MR) is 125 cm³/mol. The molecule has 2 heterocycles. The van der Waals surface area contributed by atoms with Crippen LogP contribution in [0.1, 0.15) is 49.5 Å². The van der Waals surface area contributed by atoms with Gasteiger partial charge in [-0.15, -0.1) is 11.3 Å². The zero-order valence-electron chi connectivity index (χ0n) is 18.2. The second-order valence-electron chi connectivity index (χ2n) is 8.52. The van der Waals surface area contributed by atoms with Gasteiger partial charge in [0.15, 0.2) is 0 Å². The van der Waals surface area contributed by atoms with Crippen LogP contribution >= 0.6 is 11.3 Å². The average Bonchev–Trinajstić information content (AvgIpc) is 3.50. The van der Waals surface area contributed by atoms with Gasteiger partial charge in [-0.2, -0.15) is 0 Å². The van der Waals surface area contributed by atoms with Crippen molar-refractivity contribution in [2.24, 2.45) is 0 Å². The molecule has 168 valence electrons. The van der Waals surface area contributed by atoms with Crippen molar-refractivity contribution in [3.63, 3.8) is 0 Å². The first kappa shape index (κ1) is 21.0. The fraction of sp³-hybridized carbons (Fsp3) is 0.458. The quantitative estimate of drug-likeness (QED) is 0.622. The Bertz CT molecular complexity index is 1280. The van der Waals surface area contributed by atoms with Gasteiger partial charge in [-0.25, -0.2) is 9.36 Å². The number of nitrogens with one attached hydrogen (secondary N) is 1. The molecule has 1 amide bonds. The highest BCUT2D eigenvalue weighted by Crippen LogP contribution is 2.35. The van der Waals surface area contributed by atoms with Crippen molar-refractivity contribution in [1.82, 2.24) is 14.5 Å². The summed E-state index contributed by atoms with van der Waals surface area (Å²) in [4.78, 5) is 41.7. The first-order chi connectivity index (χ1) is 15.6. The Kier molecular flexibility index (Phi) is 5.63. The van der Waals surface area contributed by atoms with E-state index < -0.39 is 5.69 Å². The maximum atomic E-state index is 13.5. The van der Waals surface area contributed by atoms with Gasteiger partial charge in [0.1, 0.15) is 17.1 Å². The third kappa shape index (κ3) is 3.66. The lowest BCUT2D eigenvalue weighted by molar-refractivity contribution is -0.122. The van der Waals surface area contributed by atoms with Crippen LogP contribution in [0.3, 0.4) is 0 Å². The van der Waals surface area contributed by atoms with Crippen molar-refractivity contribution in [3.8, 4) is 11.4 Å². The van der Waals surface area contributed by atoms with Crippen molar-refractivity contribution in [3.05, 3.63) is 55.5 Å². The van der Waals surface area contributed by atoms with Crippen molar-refractivity contribution >= 4 is 27.5 Å². The molecule has 3 aromatic rings. The maximum Gasteiger partial charge on any atom is 0.337 e. The first-order valence-electron chi connectivity index (χ1n) is 11.4. The molecule has 32 heavy (non-hydrogen) atoms. The predicted octanol–water partition coefficient (Wildman–Crippen LogP) is 3.16. The van der Waals surface area contributed by atoms with Gasteiger partial charge in [0.05, 0.1) is 17.7 Å². The van der Waals surface area contributed by atoms with E-state index in [1.165, 1.54) is 20.5 Å². The molecule has 0 spiro atoms. The highest BCUT2D eigenvalue weighted by atomic mass is 32.1. The minimum Gasteiger partial charge on any atom is -0.494 e. The molecule has 0 saturated heterocycles. The van der Waals surface area contributed by atoms with E-state index in [-0.39, 0.29) is 24.1 Å². The minimum absolute atomic E-state index is 0.0808. The van der Waals surface area contributed by atoms with Gasteiger partial charge < -0.3 is 10.1 Å². The molecule has 5 rings (SSSR count). The Balaban J connectivity index is 1.63. The molecule has 1 saturated carbocycles. The largest absolute Gasteiger partial charge is 0.494 e. The minimum atomic E-state index is -0.479. The molecule has 0 unspecified atom stereocenters. The van der Waals surface area contributed by atoms with Crippen LogP contribution in [0.4, 0.5) is 0 Å². The molecule has 2 aliphatic rings. The number of amides is 1. The van der Waals surface area contributed by atoms with E-state index in [9.17, 15) is 14.4 Å². The number of nitrogens with zero attached hydrogens (tertiary/aromatic N) is 2. The molecule has 1 N–H and O–H groups in total. The lowest BCUT2D eigenvalue weighted by atomic mass is 10.2. The summed E-state index contributed by atoms with van der Waals surface area (Å²) >= 11 is 1.49. The lowest BCUT2D eigenvalue weighted by Crippen LogP contribution is -2.43. The van der Waals surface area contributed by atoms with Crippen molar-refractivity contribution < 1.29 is 9.53 Å². The summed E-state index contributed by atoms with van der Waals surface area (Å²) in [6, 6.07) is 7.12. The van der Waals surface area contributed by atoms with Crippen LogP contribution in [0.25, 0.3) is 15.9 Å². The number of thiophene rings is 1. The maximum absolute atomic E-state index is 13.5. The number of carbonyl (C=O) groups is 1. The Morgan fingerprint density at radius 1 is 1.12 bits per heavy atom. The smallest absolute Gasteiger partial charge is 0.337 e. The highest BCUT2D eigenvalue weighted by Gasteiger charge is 2.26. The first-order valence-corrected chi connectivity index (χ1v) is 12.2. The second kappa shape index (κ2) is 8.58. The fourth-order valence-electron chi connectivity index (χ4n) is 4.92. The number of fused-ring (bicyclic) bond motifs is 3. The molecule has 1 fully saturated rings. The van der Waals surface area contributed by atoms with Crippen LogP contribution in [0.5, 0.6) is 5.75 Å². The van der Waals surface area contributed by atoms with E-state index in [0.29, 0.717) is 28.3 Å². The molecule has 0 radical (unpaired) electrons. The van der Waals surface area contributed by atoms with Gasteiger partial charge in [-0.1, -0.05) is 12.8 Å². The number of carbonyl (C=O) groups excluding carboxylic acids is 1. The van der Waals surface area contributed by atoms with Crippen molar-refractivity contribution in [2.45, 2.75) is 64.5 Å². The second-order valence-corrected chi connectivity index (χ2v) is 9.61. The van der Waals surface area contributed by atoms with Crippen LogP contribution in [0.15, 0.2) is 33.9 Å². The lowest BCUT2D eigenvalue weighted by Gasteiger charge is -2.15. The standard InChI is InChI=1S/C24H27N3O4S/c1-2-31-17-12-10-16(11-13-17)27-22(29)21-18-8-5-9-19(18)32-23(21)26(24(27)30)14-20(28)25-15-6-3-4-7-15/h10-13,15H,2-9,14H2,1H3,(H,25,28). The topological polar surface area (TPSA) is 82.3 Å². The van der Waals surface area contributed by atoms with E-state index in [2.05, 4.69) is 5.32 Å². The van der Waals surface area contributed by atoms with Gasteiger partial charge in [0, 0.05) is 10.9 Å². The molecule has 2 aromatic heterocycles. The van der Waals surface area contributed by atoms with E-state index in [4.69, 9.17) is 4.74 Å². The number of hydrogen-bond donors (Lipinski definition) is 1. The summed E-state index contributed by atoms with van der Waals surface area (Å²) in [6.45, 7) is 2.36. The van der Waals surface area contributed by atoms with Gasteiger partial charge in [0.2, 0.25) is 5.91 Å². The molecule has 7 nitrogen and oxygen atoms in total. The van der Waals surface area contributed by atoms with E-state index in [0.717, 1.165) is 55.4 Å². The van der Waals surface area contributed by atoms with Crippen LogP contribution in [-0.2, 0) is 24.2 Å². The number of aromatic nitrogens is 2. The fourth-order valence-corrected chi connectivity index (χ4v) is 6.29. The van der Waals surface area contributed by atoms with Crippen LogP contribution in [0, 0.1) is 0 Å². The average molecular weight is 454 g/mol. The Hall–Kier alpha value is -2.87. The third-order valence-electron chi connectivity index (χ3n) is 6.41. The SMILES string of the molecule is CCOc1ccc(-n2c(=O)c3c4c(sc3n(CC(=O)NC3CCCC3)c2=O)CCC4)cc1. The zero-order valence-corrected chi connectivity index (χ0v) is 19.0. The molecule has 0 atom stereocenters. The summed E-state index contributed by atoms with van der Waals surface area (Å²) in [5.41, 5.74) is 0.738. The molecule has 0 bridgehead atoms. The van der Waals surface area contributed by atoms with Crippen LogP contribution < -0.4 is 21.3 Å².